The molecule has 6 nitrogen and oxygen atoms in total. The molecule has 44 heavy (non-hydrogen) atoms. The molecule has 0 saturated carbocycles. The lowest BCUT2D eigenvalue weighted by atomic mass is 10.0. The quantitative estimate of drug-likeness (QED) is 0.0888. The molecule has 0 fully saturated rings. The molecule has 4 aromatic rings. The molecule has 1 N–H and O–H groups in total. The van der Waals surface area contributed by atoms with Gasteiger partial charge in [0.1, 0.15) is 11.5 Å². The Morgan fingerprint density at radius 3 is 1.91 bits per heavy atom. The SMILES string of the molecule is C=C(COC)C(=O)Oc1ccc(-c2ccc(OC(=O)C(=C)CO)c(C#Cc3ccc(-c4ccc(CCC)cc4)cc3)c2)cc1. The number of aryl methyl sites for hydroxylation is 1. The van der Waals surface area contributed by atoms with E-state index in [-0.39, 0.29) is 23.5 Å². The summed E-state index contributed by atoms with van der Waals surface area (Å²) in [5, 5.41) is 9.30. The summed E-state index contributed by atoms with van der Waals surface area (Å²) in [5.41, 5.74) is 6.60. The Morgan fingerprint density at radius 1 is 0.727 bits per heavy atom. The number of rotatable bonds is 11. The van der Waals surface area contributed by atoms with E-state index in [1.807, 2.05) is 30.3 Å². The fraction of sp³-hybridized carbons (Fsp3) is 0.158. The zero-order valence-corrected chi connectivity index (χ0v) is 24.9. The van der Waals surface area contributed by atoms with Crippen molar-refractivity contribution >= 4 is 11.9 Å². The molecule has 0 aliphatic heterocycles. The monoisotopic (exact) mass is 586 g/mol. The summed E-state index contributed by atoms with van der Waals surface area (Å²) >= 11 is 0. The second-order valence-corrected chi connectivity index (χ2v) is 10.1. The van der Waals surface area contributed by atoms with Crippen molar-refractivity contribution in [1.82, 2.24) is 0 Å². The molecule has 222 valence electrons. The van der Waals surface area contributed by atoms with E-state index in [9.17, 15) is 14.7 Å². The lowest BCUT2D eigenvalue weighted by Crippen LogP contribution is -2.13. The molecule has 0 aliphatic carbocycles. The van der Waals surface area contributed by atoms with Crippen LogP contribution in [0.2, 0.25) is 0 Å². The fourth-order valence-electron chi connectivity index (χ4n) is 4.30. The maximum absolute atomic E-state index is 12.4. The summed E-state index contributed by atoms with van der Waals surface area (Å²) in [5.74, 6) is 5.60. The highest BCUT2D eigenvalue weighted by Crippen LogP contribution is 2.29. The molecule has 0 aromatic heterocycles. The zero-order valence-electron chi connectivity index (χ0n) is 24.9. The van der Waals surface area contributed by atoms with Crippen LogP contribution in [0.5, 0.6) is 11.5 Å². The first-order chi connectivity index (χ1) is 21.3. The zero-order chi connectivity index (χ0) is 31.5. The third-order valence-electron chi connectivity index (χ3n) is 6.72. The van der Waals surface area contributed by atoms with Crippen LogP contribution in [0.15, 0.2) is 115 Å². The van der Waals surface area contributed by atoms with E-state index in [0.29, 0.717) is 11.3 Å². The minimum Gasteiger partial charge on any atom is -0.423 e. The van der Waals surface area contributed by atoms with Crippen LogP contribution in [0, 0.1) is 11.8 Å². The van der Waals surface area contributed by atoms with Gasteiger partial charge in [-0.25, -0.2) is 9.59 Å². The number of aliphatic hydroxyl groups is 1. The normalized spacial score (nSPS) is 10.3. The van der Waals surface area contributed by atoms with Gasteiger partial charge in [0.25, 0.3) is 0 Å². The Kier molecular flexibility index (Phi) is 11.0. The molecule has 0 atom stereocenters. The van der Waals surface area contributed by atoms with Gasteiger partial charge in [-0.05, 0) is 70.6 Å². The van der Waals surface area contributed by atoms with Gasteiger partial charge in [-0.3, -0.25) is 0 Å². The molecular formula is C38H34O6. The van der Waals surface area contributed by atoms with Crippen LogP contribution in [-0.2, 0) is 20.7 Å². The lowest BCUT2D eigenvalue weighted by Gasteiger charge is -2.10. The van der Waals surface area contributed by atoms with E-state index in [1.165, 1.54) is 12.7 Å². The highest BCUT2D eigenvalue weighted by Gasteiger charge is 2.14. The maximum atomic E-state index is 12.4. The summed E-state index contributed by atoms with van der Waals surface area (Å²) in [4.78, 5) is 24.5. The standard InChI is InChI=1S/C38H34O6/c1-5-6-28-7-12-30(13-8-28)31-14-9-29(10-15-31)11-16-34-23-33(19-22-36(34)44-37(40)26(2)24-39)32-17-20-35(21-18-32)43-38(41)27(3)25-42-4/h7-10,12-15,17-23,39H,2-3,5-6,24-25H2,1,4H3. The number of methoxy groups -OCH3 is 1. The van der Waals surface area contributed by atoms with E-state index < -0.39 is 18.5 Å². The van der Waals surface area contributed by atoms with E-state index >= 15 is 0 Å². The first kappa shape index (κ1) is 31.7. The minimum absolute atomic E-state index is 0.0652. The Balaban J connectivity index is 1.59. The highest BCUT2D eigenvalue weighted by molar-refractivity contribution is 5.90. The number of hydrogen-bond donors (Lipinski definition) is 1. The van der Waals surface area contributed by atoms with Crippen LogP contribution in [0.25, 0.3) is 22.3 Å². The molecule has 0 aliphatic rings. The second kappa shape index (κ2) is 15.3. The van der Waals surface area contributed by atoms with Gasteiger partial charge in [-0.1, -0.05) is 92.9 Å². The molecule has 0 unspecified atom stereocenters. The maximum Gasteiger partial charge on any atom is 0.341 e. The van der Waals surface area contributed by atoms with Gasteiger partial charge >= 0.3 is 11.9 Å². The fourth-order valence-corrected chi connectivity index (χ4v) is 4.30. The van der Waals surface area contributed by atoms with Crippen LogP contribution >= 0.6 is 0 Å². The molecule has 4 aromatic carbocycles. The van der Waals surface area contributed by atoms with Crippen LogP contribution in [0.4, 0.5) is 0 Å². The largest absolute Gasteiger partial charge is 0.423 e. The van der Waals surface area contributed by atoms with Crippen LogP contribution < -0.4 is 9.47 Å². The topological polar surface area (TPSA) is 82.1 Å². The third-order valence-corrected chi connectivity index (χ3v) is 6.72. The first-order valence-electron chi connectivity index (χ1n) is 14.2. The number of aliphatic hydroxyl groups excluding tert-OH is 1. The summed E-state index contributed by atoms with van der Waals surface area (Å²) < 4.78 is 15.8. The van der Waals surface area contributed by atoms with Crippen molar-refractivity contribution in [2.24, 2.45) is 0 Å². The number of benzene rings is 4. The number of hydrogen-bond acceptors (Lipinski definition) is 6. The van der Waals surface area contributed by atoms with Crippen molar-refractivity contribution in [3.05, 3.63) is 132 Å². The van der Waals surface area contributed by atoms with E-state index in [4.69, 9.17) is 14.2 Å². The average Bonchev–Trinajstić information content (AvgIpc) is 3.05. The Morgan fingerprint density at radius 2 is 1.30 bits per heavy atom. The predicted molar refractivity (Wildman–Crippen MR) is 172 cm³/mol. The predicted octanol–water partition coefficient (Wildman–Crippen LogP) is 6.93. The van der Waals surface area contributed by atoms with Crippen molar-refractivity contribution in [3.8, 4) is 45.6 Å². The number of carbonyl (C=O) groups is 2. The van der Waals surface area contributed by atoms with Crippen LogP contribution in [-0.4, -0.2) is 37.4 Å². The average molecular weight is 587 g/mol. The minimum atomic E-state index is -0.737. The summed E-state index contributed by atoms with van der Waals surface area (Å²) in [6, 6.07) is 28.8. The molecular weight excluding hydrogens is 552 g/mol. The number of carbonyl (C=O) groups excluding carboxylic acids is 2. The molecule has 0 radical (unpaired) electrons. The number of esters is 2. The summed E-state index contributed by atoms with van der Waals surface area (Å²) in [7, 11) is 1.48. The van der Waals surface area contributed by atoms with Crippen molar-refractivity contribution in [3.63, 3.8) is 0 Å². The van der Waals surface area contributed by atoms with Gasteiger partial charge in [-0.15, -0.1) is 0 Å². The molecule has 4 rings (SSSR count). The van der Waals surface area contributed by atoms with Crippen molar-refractivity contribution in [2.75, 3.05) is 20.3 Å². The Bertz CT molecular complexity index is 1700. The van der Waals surface area contributed by atoms with Crippen LogP contribution in [0.1, 0.15) is 30.0 Å². The van der Waals surface area contributed by atoms with E-state index in [0.717, 1.165) is 40.7 Å². The van der Waals surface area contributed by atoms with Crippen molar-refractivity contribution in [2.45, 2.75) is 19.8 Å². The summed E-state index contributed by atoms with van der Waals surface area (Å²) in [6.45, 7) is 8.95. The van der Waals surface area contributed by atoms with Gasteiger partial charge in [0.15, 0.2) is 0 Å². The Hall–Kier alpha value is -5.22. The van der Waals surface area contributed by atoms with E-state index in [1.54, 1.807) is 36.4 Å². The van der Waals surface area contributed by atoms with Gasteiger partial charge in [0, 0.05) is 12.7 Å². The first-order valence-corrected chi connectivity index (χ1v) is 14.2. The third kappa shape index (κ3) is 8.42. The van der Waals surface area contributed by atoms with E-state index in [2.05, 4.69) is 56.2 Å². The Labute approximate surface area is 258 Å². The number of ether oxygens (including phenoxy) is 3. The molecule has 0 bridgehead atoms. The lowest BCUT2D eigenvalue weighted by molar-refractivity contribution is -0.131. The smallest absolute Gasteiger partial charge is 0.341 e. The molecule has 0 heterocycles. The highest BCUT2D eigenvalue weighted by atomic mass is 16.5. The molecule has 0 spiro atoms. The molecule has 6 heteroatoms. The van der Waals surface area contributed by atoms with Gasteiger partial charge in [0.05, 0.1) is 29.9 Å². The van der Waals surface area contributed by atoms with Gasteiger partial charge in [0.2, 0.25) is 0 Å². The van der Waals surface area contributed by atoms with Gasteiger partial charge in [-0.2, -0.15) is 0 Å². The van der Waals surface area contributed by atoms with Crippen molar-refractivity contribution < 1.29 is 28.9 Å². The molecule has 0 saturated heterocycles. The van der Waals surface area contributed by atoms with Crippen LogP contribution in [0.3, 0.4) is 0 Å². The van der Waals surface area contributed by atoms with Crippen molar-refractivity contribution in [1.29, 1.82) is 0 Å². The van der Waals surface area contributed by atoms with Gasteiger partial charge < -0.3 is 19.3 Å². The molecule has 0 amide bonds. The summed E-state index contributed by atoms with van der Waals surface area (Å²) in [6.07, 6.45) is 2.18. The second-order valence-electron chi connectivity index (χ2n) is 10.1.